The van der Waals surface area contributed by atoms with E-state index in [1.165, 1.54) is 30.8 Å². The molecular formula is C13H19Cl3N2S. The number of hydrogen-bond acceptors (Lipinski definition) is 3. The Morgan fingerprint density at radius 3 is 2.32 bits per heavy atom. The topological polar surface area (TPSA) is 15.3 Å². The molecule has 2 bridgehead atoms. The van der Waals surface area contributed by atoms with Crippen molar-refractivity contribution in [3.8, 4) is 0 Å². The third kappa shape index (κ3) is 2.54. The van der Waals surface area contributed by atoms with Gasteiger partial charge in [-0.1, -0.05) is 11.6 Å². The van der Waals surface area contributed by atoms with E-state index in [9.17, 15) is 0 Å². The van der Waals surface area contributed by atoms with Crippen molar-refractivity contribution in [3.05, 3.63) is 21.3 Å². The van der Waals surface area contributed by atoms with Gasteiger partial charge in [-0.05, 0) is 49.9 Å². The van der Waals surface area contributed by atoms with Crippen LogP contribution in [0.5, 0.6) is 0 Å². The molecule has 0 saturated carbocycles. The van der Waals surface area contributed by atoms with Crippen molar-refractivity contribution in [3.63, 3.8) is 0 Å². The number of fused-ring (bicyclic) bond motifs is 5. The highest BCUT2D eigenvalue weighted by Crippen LogP contribution is 2.48. The summed E-state index contributed by atoms with van der Waals surface area (Å²) in [6, 6.07) is 5.89. The minimum atomic E-state index is 0. The SMILES string of the molecule is Cl.Cl.Clc1ccc(CN2[C@@H]3CC[C@H]2[C@H]2CNC[C@H]23)s1. The summed E-state index contributed by atoms with van der Waals surface area (Å²) in [5.74, 6) is 1.84. The smallest absolute Gasteiger partial charge is 0.0931 e. The molecule has 3 aliphatic heterocycles. The lowest BCUT2D eigenvalue weighted by Crippen LogP contribution is -2.33. The van der Waals surface area contributed by atoms with E-state index in [-0.39, 0.29) is 24.8 Å². The Hall–Kier alpha value is 0.490. The highest BCUT2D eigenvalue weighted by Gasteiger charge is 2.54. The minimum absolute atomic E-state index is 0. The van der Waals surface area contributed by atoms with Crippen LogP contribution in [0.25, 0.3) is 0 Å². The van der Waals surface area contributed by atoms with Crippen LogP contribution in [0.1, 0.15) is 17.7 Å². The van der Waals surface area contributed by atoms with Crippen LogP contribution in [0.2, 0.25) is 4.34 Å². The summed E-state index contributed by atoms with van der Waals surface area (Å²) in [4.78, 5) is 4.19. The highest BCUT2D eigenvalue weighted by molar-refractivity contribution is 7.16. The predicted octanol–water partition coefficient (Wildman–Crippen LogP) is 3.43. The van der Waals surface area contributed by atoms with Crippen molar-refractivity contribution in [2.24, 2.45) is 11.8 Å². The first kappa shape index (κ1) is 15.9. The average molecular weight is 342 g/mol. The lowest BCUT2D eigenvalue weighted by atomic mass is 9.82. The summed E-state index contributed by atoms with van der Waals surface area (Å²) in [5, 5.41) is 3.57. The molecule has 4 rings (SSSR count). The lowest BCUT2D eigenvalue weighted by molar-refractivity contribution is 0.220. The molecule has 0 amide bonds. The molecule has 3 saturated heterocycles. The van der Waals surface area contributed by atoms with Crippen LogP contribution in [0.15, 0.2) is 12.1 Å². The maximum absolute atomic E-state index is 6.02. The number of rotatable bonds is 2. The summed E-state index contributed by atoms with van der Waals surface area (Å²) in [6.45, 7) is 3.61. The molecular weight excluding hydrogens is 323 g/mol. The van der Waals surface area contributed by atoms with Crippen LogP contribution in [0, 0.1) is 11.8 Å². The third-order valence-corrected chi connectivity index (χ3v) is 6.09. The van der Waals surface area contributed by atoms with Gasteiger partial charge in [0.15, 0.2) is 0 Å². The Balaban J connectivity index is 0.000000667. The number of nitrogens with one attached hydrogen (secondary N) is 1. The molecule has 0 radical (unpaired) electrons. The first-order valence-electron chi connectivity index (χ1n) is 6.53. The Labute approximate surface area is 135 Å². The van der Waals surface area contributed by atoms with Crippen molar-refractivity contribution >= 4 is 47.8 Å². The third-order valence-electron chi connectivity index (χ3n) is 4.88. The molecule has 6 heteroatoms. The van der Waals surface area contributed by atoms with Gasteiger partial charge in [-0.25, -0.2) is 0 Å². The Morgan fingerprint density at radius 2 is 1.79 bits per heavy atom. The molecule has 19 heavy (non-hydrogen) atoms. The van der Waals surface area contributed by atoms with Gasteiger partial charge in [0, 0.05) is 23.5 Å². The van der Waals surface area contributed by atoms with Crippen molar-refractivity contribution in [2.75, 3.05) is 13.1 Å². The van der Waals surface area contributed by atoms with E-state index in [1.54, 1.807) is 11.3 Å². The van der Waals surface area contributed by atoms with E-state index in [1.807, 2.05) is 6.07 Å². The Bertz CT molecular complexity index is 421. The normalized spacial score (nSPS) is 35.8. The molecule has 1 aromatic rings. The second-order valence-corrected chi connectivity index (χ2v) is 7.38. The second-order valence-electron chi connectivity index (χ2n) is 5.58. The largest absolute Gasteiger partial charge is 0.316 e. The molecule has 2 nitrogen and oxygen atoms in total. The van der Waals surface area contributed by atoms with Crippen LogP contribution in [-0.2, 0) is 6.54 Å². The molecule has 0 unspecified atom stereocenters. The molecule has 3 fully saturated rings. The van der Waals surface area contributed by atoms with Gasteiger partial charge < -0.3 is 5.32 Å². The Morgan fingerprint density at radius 1 is 1.16 bits per heavy atom. The number of hydrogen-bond donors (Lipinski definition) is 1. The molecule has 1 aromatic heterocycles. The first-order valence-corrected chi connectivity index (χ1v) is 7.73. The van der Waals surface area contributed by atoms with Crippen molar-refractivity contribution in [1.29, 1.82) is 0 Å². The minimum Gasteiger partial charge on any atom is -0.316 e. The van der Waals surface area contributed by atoms with Crippen molar-refractivity contribution in [2.45, 2.75) is 31.5 Å². The van der Waals surface area contributed by atoms with Gasteiger partial charge in [-0.3, -0.25) is 4.90 Å². The zero-order chi connectivity index (χ0) is 11.4. The molecule has 4 atom stereocenters. The molecule has 1 N–H and O–H groups in total. The number of halogens is 3. The van der Waals surface area contributed by atoms with Gasteiger partial charge in [-0.2, -0.15) is 0 Å². The van der Waals surface area contributed by atoms with Crippen molar-refractivity contribution in [1.82, 2.24) is 10.2 Å². The van der Waals surface area contributed by atoms with Gasteiger partial charge in [0.05, 0.1) is 4.34 Å². The molecule has 108 valence electrons. The quantitative estimate of drug-likeness (QED) is 0.886. The predicted molar refractivity (Wildman–Crippen MR) is 86.0 cm³/mol. The molecule has 0 aromatic carbocycles. The van der Waals surface area contributed by atoms with Crippen LogP contribution >= 0.6 is 47.8 Å². The molecule has 3 aliphatic rings. The average Bonchev–Trinajstić information content (AvgIpc) is 3.02. The first-order chi connectivity index (χ1) is 8.33. The Kier molecular flexibility index (Phi) is 5.08. The van der Waals surface area contributed by atoms with E-state index >= 15 is 0 Å². The van der Waals surface area contributed by atoms with Gasteiger partial charge in [0.25, 0.3) is 0 Å². The number of nitrogens with zero attached hydrogens (tertiary/aromatic N) is 1. The van der Waals surface area contributed by atoms with E-state index in [4.69, 9.17) is 11.6 Å². The standard InChI is InChI=1S/C13H17ClN2S.2ClH/c14-13-4-1-8(17-13)7-16-11-2-3-12(16)10-6-15-5-9(10)11;;/h1,4,9-12,15H,2-3,5-7H2;2*1H/t9-,10+,11-,12+;;. The van der Waals surface area contributed by atoms with Crippen LogP contribution < -0.4 is 5.32 Å². The molecule has 0 spiro atoms. The van der Waals surface area contributed by atoms with Gasteiger partial charge >= 0.3 is 0 Å². The highest BCUT2D eigenvalue weighted by atomic mass is 35.5. The fourth-order valence-electron chi connectivity index (χ4n) is 4.25. The summed E-state index contributed by atoms with van der Waals surface area (Å²) in [7, 11) is 0. The van der Waals surface area contributed by atoms with E-state index in [0.717, 1.165) is 34.8 Å². The fourth-order valence-corrected chi connectivity index (χ4v) is 5.35. The summed E-state index contributed by atoms with van der Waals surface area (Å²) in [6.07, 6.45) is 2.82. The number of thiophene rings is 1. The summed E-state index contributed by atoms with van der Waals surface area (Å²) in [5.41, 5.74) is 0. The second kappa shape index (κ2) is 6.08. The van der Waals surface area contributed by atoms with Crippen LogP contribution in [-0.4, -0.2) is 30.1 Å². The maximum Gasteiger partial charge on any atom is 0.0931 e. The maximum atomic E-state index is 6.02. The lowest BCUT2D eigenvalue weighted by Gasteiger charge is -2.23. The molecule has 0 aliphatic carbocycles. The van der Waals surface area contributed by atoms with Crippen LogP contribution in [0.4, 0.5) is 0 Å². The molecule has 4 heterocycles. The van der Waals surface area contributed by atoms with Crippen molar-refractivity contribution < 1.29 is 0 Å². The fraction of sp³-hybridized carbons (Fsp3) is 0.692. The summed E-state index contributed by atoms with van der Waals surface area (Å²) < 4.78 is 0.924. The van der Waals surface area contributed by atoms with E-state index in [0.29, 0.717) is 0 Å². The zero-order valence-corrected chi connectivity index (χ0v) is 13.8. The summed E-state index contributed by atoms with van der Waals surface area (Å²) >= 11 is 7.76. The van der Waals surface area contributed by atoms with E-state index in [2.05, 4.69) is 16.3 Å². The van der Waals surface area contributed by atoms with Crippen LogP contribution in [0.3, 0.4) is 0 Å². The van der Waals surface area contributed by atoms with E-state index < -0.39 is 0 Å². The van der Waals surface area contributed by atoms with Gasteiger partial charge in [-0.15, -0.1) is 36.2 Å². The monoisotopic (exact) mass is 340 g/mol. The van der Waals surface area contributed by atoms with Gasteiger partial charge in [0.2, 0.25) is 0 Å². The van der Waals surface area contributed by atoms with Gasteiger partial charge in [0.1, 0.15) is 0 Å². The zero-order valence-electron chi connectivity index (χ0n) is 10.5.